The summed E-state index contributed by atoms with van der Waals surface area (Å²) in [4.78, 5) is 4.42. The molecule has 1 unspecified atom stereocenters. The van der Waals surface area contributed by atoms with E-state index in [4.69, 9.17) is 14.3 Å². The first-order valence-corrected chi connectivity index (χ1v) is 9.28. The third-order valence-corrected chi connectivity index (χ3v) is 4.39. The van der Waals surface area contributed by atoms with E-state index in [0.29, 0.717) is 12.8 Å². The van der Waals surface area contributed by atoms with E-state index < -0.39 is 6.10 Å². The highest BCUT2D eigenvalue weighted by atomic mass is 16.5. The normalized spacial score (nSPS) is 12.1. The van der Waals surface area contributed by atoms with Gasteiger partial charge in [0.25, 0.3) is 0 Å². The van der Waals surface area contributed by atoms with Gasteiger partial charge in [-0.3, -0.25) is 0 Å². The summed E-state index contributed by atoms with van der Waals surface area (Å²) in [7, 11) is 0. The van der Waals surface area contributed by atoms with Crippen LogP contribution in [0.25, 0.3) is 11.3 Å². The van der Waals surface area contributed by atoms with Gasteiger partial charge in [-0.15, -0.1) is 0 Å². The number of nitrogens with zero attached hydrogens (tertiary/aromatic N) is 1. The summed E-state index contributed by atoms with van der Waals surface area (Å²) in [6.45, 7) is 2.03. The molecule has 0 aliphatic heterocycles. The van der Waals surface area contributed by atoms with Crippen LogP contribution in [0.15, 0.2) is 59.2 Å². The van der Waals surface area contributed by atoms with E-state index in [2.05, 4.69) is 4.98 Å². The van der Waals surface area contributed by atoms with E-state index in [-0.39, 0.29) is 6.61 Å². The maximum atomic E-state index is 9.69. The molecule has 142 valence electrons. The Hall–Kier alpha value is -2.63. The van der Waals surface area contributed by atoms with Crippen LogP contribution >= 0.6 is 0 Å². The number of rotatable bonds is 9. The molecular weight excluding hydrogens is 342 g/mol. The number of aliphatic hydroxyl groups is 2. The summed E-state index contributed by atoms with van der Waals surface area (Å²) in [6, 6.07) is 15.6. The zero-order valence-corrected chi connectivity index (χ0v) is 15.5. The molecule has 5 nitrogen and oxygen atoms in total. The monoisotopic (exact) mass is 367 g/mol. The van der Waals surface area contributed by atoms with E-state index in [1.54, 1.807) is 6.26 Å². The highest BCUT2D eigenvalue weighted by molar-refractivity contribution is 5.59. The number of benzene rings is 2. The predicted molar refractivity (Wildman–Crippen MR) is 104 cm³/mol. The van der Waals surface area contributed by atoms with Crippen LogP contribution in [-0.2, 0) is 12.8 Å². The van der Waals surface area contributed by atoms with Crippen LogP contribution in [0.2, 0.25) is 0 Å². The summed E-state index contributed by atoms with van der Waals surface area (Å²) in [6.07, 6.45) is 3.83. The predicted octanol–water partition coefficient (Wildman–Crippen LogP) is 4.37. The molecule has 0 saturated carbocycles. The molecule has 0 spiro atoms. The van der Waals surface area contributed by atoms with Gasteiger partial charge in [0.1, 0.15) is 23.5 Å². The number of aliphatic hydroxyl groups excluding tert-OH is 2. The summed E-state index contributed by atoms with van der Waals surface area (Å²) >= 11 is 0. The Morgan fingerprint density at radius 2 is 1.67 bits per heavy atom. The molecular formula is C22H25NO4. The van der Waals surface area contributed by atoms with Gasteiger partial charge < -0.3 is 19.4 Å². The lowest BCUT2D eigenvalue weighted by atomic mass is 10.1. The second-order valence-electron chi connectivity index (χ2n) is 6.46. The van der Waals surface area contributed by atoms with Gasteiger partial charge in [-0.1, -0.05) is 19.1 Å². The third kappa shape index (κ3) is 5.42. The summed E-state index contributed by atoms with van der Waals surface area (Å²) in [5, 5.41) is 18.5. The summed E-state index contributed by atoms with van der Waals surface area (Å²) in [5.41, 5.74) is 2.95. The summed E-state index contributed by atoms with van der Waals surface area (Å²) in [5.74, 6) is 2.25. The number of aryl methyl sites for hydroxylation is 2. The van der Waals surface area contributed by atoms with Crippen molar-refractivity contribution in [3.05, 3.63) is 66.2 Å². The Labute approximate surface area is 159 Å². The minimum Gasteiger partial charge on any atom is -0.457 e. The van der Waals surface area contributed by atoms with Gasteiger partial charge in [-0.2, -0.15) is 0 Å². The van der Waals surface area contributed by atoms with Crippen molar-refractivity contribution in [2.75, 3.05) is 6.61 Å². The van der Waals surface area contributed by atoms with Gasteiger partial charge in [-0.25, -0.2) is 4.98 Å². The van der Waals surface area contributed by atoms with Crippen molar-refractivity contribution >= 4 is 0 Å². The summed E-state index contributed by atoms with van der Waals surface area (Å²) < 4.78 is 11.3. The highest BCUT2D eigenvalue weighted by Gasteiger charge is 2.06. The Morgan fingerprint density at radius 3 is 2.26 bits per heavy atom. The van der Waals surface area contributed by atoms with Crippen LogP contribution in [0.3, 0.4) is 0 Å². The Morgan fingerprint density at radius 1 is 1.00 bits per heavy atom. The van der Waals surface area contributed by atoms with Crippen LogP contribution in [0.4, 0.5) is 0 Å². The van der Waals surface area contributed by atoms with Crippen molar-refractivity contribution in [3.8, 4) is 22.8 Å². The minimum atomic E-state index is -0.456. The number of oxazole rings is 1. The zero-order chi connectivity index (χ0) is 19.1. The Kier molecular flexibility index (Phi) is 6.63. The topological polar surface area (TPSA) is 75.7 Å². The van der Waals surface area contributed by atoms with E-state index in [1.165, 1.54) is 0 Å². The molecule has 0 saturated heterocycles. The van der Waals surface area contributed by atoms with Gasteiger partial charge in [0.2, 0.25) is 0 Å². The smallest absolute Gasteiger partial charge is 0.194 e. The highest BCUT2D eigenvalue weighted by Crippen LogP contribution is 2.26. The molecule has 27 heavy (non-hydrogen) atoms. The first-order valence-electron chi connectivity index (χ1n) is 9.28. The Bertz CT molecular complexity index is 824. The van der Waals surface area contributed by atoms with Gasteiger partial charge in [0, 0.05) is 18.6 Å². The van der Waals surface area contributed by atoms with Crippen molar-refractivity contribution in [2.45, 2.75) is 38.7 Å². The van der Waals surface area contributed by atoms with Gasteiger partial charge in [-0.05, 0) is 61.2 Å². The SMILES string of the molecule is CCc1nc(-c2ccc(Oc3ccc(CCC(O)CCO)cc3)cc2)co1. The number of ether oxygens (including phenoxy) is 1. The molecule has 3 rings (SSSR count). The van der Waals surface area contributed by atoms with Crippen LogP contribution in [0.5, 0.6) is 11.5 Å². The van der Waals surface area contributed by atoms with Gasteiger partial charge in [0.15, 0.2) is 5.89 Å². The largest absolute Gasteiger partial charge is 0.457 e. The fourth-order valence-corrected chi connectivity index (χ4v) is 2.79. The molecule has 0 bridgehead atoms. The molecule has 5 heteroatoms. The first-order chi connectivity index (χ1) is 13.2. The molecule has 1 aromatic heterocycles. The van der Waals surface area contributed by atoms with Gasteiger partial charge >= 0.3 is 0 Å². The molecule has 2 aromatic carbocycles. The van der Waals surface area contributed by atoms with E-state index in [1.807, 2.05) is 55.5 Å². The zero-order valence-electron chi connectivity index (χ0n) is 15.5. The average Bonchev–Trinajstić information content (AvgIpc) is 3.18. The lowest BCUT2D eigenvalue weighted by molar-refractivity contribution is 0.125. The van der Waals surface area contributed by atoms with E-state index >= 15 is 0 Å². The van der Waals surface area contributed by atoms with Crippen LogP contribution < -0.4 is 4.74 Å². The van der Waals surface area contributed by atoms with Crippen molar-refractivity contribution in [1.82, 2.24) is 4.98 Å². The lowest BCUT2D eigenvalue weighted by Gasteiger charge is -2.10. The minimum absolute atomic E-state index is 0.0170. The Balaban J connectivity index is 1.57. The molecule has 0 aliphatic rings. The van der Waals surface area contributed by atoms with Crippen LogP contribution in [-0.4, -0.2) is 27.9 Å². The van der Waals surface area contributed by atoms with Crippen LogP contribution in [0, 0.1) is 0 Å². The fourth-order valence-electron chi connectivity index (χ4n) is 2.79. The molecule has 0 fully saturated rings. The van der Waals surface area contributed by atoms with Crippen LogP contribution in [0.1, 0.15) is 31.2 Å². The number of aromatic nitrogens is 1. The molecule has 3 aromatic rings. The van der Waals surface area contributed by atoms with Crippen molar-refractivity contribution in [1.29, 1.82) is 0 Å². The second kappa shape index (κ2) is 9.35. The molecule has 0 amide bonds. The standard InChI is InChI=1S/C22H25NO4/c1-2-22-23-21(15-26-22)17-6-11-20(12-7-17)27-19-9-4-16(5-10-19)3-8-18(25)13-14-24/h4-7,9-12,15,18,24-25H,2-3,8,13-14H2,1H3. The number of hydrogen-bond acceptors (Lipinski definition) is 5. The van der Waals surface area contributed by atoms with Crippen molar-refractivity contribution in [2.24, 2.45) is 0 Å². The maximum Gasteiger partial charge on any atom is 0.194 e. The van der Waals surface area contributed by atoms with E-state index in [9.17, 15) is 5.11 Å². The van der Waals surface area contributed by atoms with E-state index in [0.717, 1.165) is 47.1 Å². The molecule has 0 radical (unpaired) electrons. The number of hydrogen-bond donors (Lipinski definition) is 2. The van der Waals surface area contributed by atoms with Crippen molar-refractivity contribution in [3.63, 3.8) is 0 Å². The molecule has 2 N–H and O–H groups in total. The fraction of sp³-hybridized carbons (Fsp3) is 0.318. The molecule has 0 aliphatic carbocycles. The molecule has 1 atom stereocenters. The third-order valence-electron chi connectivity index (χ3n) is 4.39. The molecule has 1 heterocycles. The second-order valence-corrected chi connectivity index (χ2v) is 6.46. The van der Waals surface area contributed by atoms with Gasteiger partial charge in [0.05, 0.1) is 6.10 Å². The maximum absolute atomic E-state index is 9.69. The average molecular weight is 367 g/mol. The first kappa shape index (κ1) is 19.1. The lowest BCUT2D eigenvalue weighted by Crippen LogP contribution is -2.09. The van der Waals surface area contributed by atoms with Crippen molar-refractivity contribution < 1.29 is 19.4 Å². The quantitative estimate of drug-likeness (QED) is 0.587.